The average molecular weight is 362 g/mol. The van der Waals surface area contributed by atoms with Gasteiger partial charge in [0.25, 0.3) is 0 Å². The van der Waals surface area contributed by atoms with Crippen LogP contribution < -0.4 is 9.46 Å². The standard InChI is InChI=1S/C15H24BrNO2S/c1-10(2)19-14-9-12(16)7-8-13(14)11(3)17-20(18)15(4,5)6/h7-11,17H,1-6H3/t11-,20?/m0/s1. The number of hydrogen-bond donors (Lipinski definition) is 1. The van der Waals surface area contributed by atoms with E-state index in [0.29, 0.717) is 0 Å². The van der Waals surface area contributed by atoms with Crippen molar-refractivity contribution in [3.05, 3.63) is 28.2 Å². The molecule has 0 spiro atoms. The minimum atomic E-state index is -1.11. The fraction of sp³-hybridized carbons (Fsp3) is 0.600. The molecule has 0 heterocycles. The molecular weight excluding hydrogens is 338 g/mol. The second kappa shape index (κ2) is 7.05. The van der Waals surface area contributed by atoms with Crippen molar-refractivity contribution in [2.45, 2.75) is 58.4 Å². The van der Waals surface area contributed by atoms with Gasteiger partial charge >= 0.3 is 0 Å². The van der Waals surface area contributed by atoms with E-state index < -0.39 is 11.0 Å². The Morgan fingerprint density at radius 1 is 1.25 bits per heavy atom. The molecular formula is C15H24BrNO2S. The zero-order chi connectivity index (χ0) is 15.5. The number of ether oxygens (including phenoxy) is 1. The molecule has 1 unspecified atom stereocenters. The molecule has 1 aromatic rings. The van der Waals surface area contributed by atoms with Gasteiger partial charge in [0.1, 0.15) is 5.75 Å². The van der Waals surface area contributed by atoms with Gasteiger partial charge in [-0.15, -0.1) is 0 Å². The summed E-state index contributed by atoms with van der Waals surface area (Å²) in [5.41, 5.74) is 1.01. The van der Waals surface area contributed by atoms with Gasteiger partial charge in [-0.1, -0.05) is 22.0 Å². The van der Waals surface area contributed by atoms with Crippen molar-refractivity contribution in [3.8, 4) is 5.75 Å². The van der Waals surface area contributed by atoms with E-state index in [-0.39, 0.29) is 16.9 Å². The van der Waals surface area contributed by atoms with Crippen LogP contribution in [0.15, 0.2) is 22.7 Å². The van der Waals surface area contributed by atoms with Crippen LogP contribution in [0.1, 0.15) is 53.1 Å². The van der Waals surface area contributed by atoms with Crippen molar-refractivity contribution in [2.24, 2.45) is 0 Å². The van der Waals surface area contributed by atoms with Gasteiger partial charge in [0, 0.05) is 16.1 Å². The zero-order valence-electron chi connectivity index (χ0n) is 13.0. The fourth-order valence-electron chi connectivity index (χ4n) is 1.62. The lowest BCUT2D eigenvalue weighted by atomic mass is 10.1. The predicted octanol–water partition coefficient (Wildman–Crippen LogP) is 4.35. The number of halogens is 1. The first-order valence-corrected chi connectivity index (χ1v) is 8.69. The van der Waals surface area contributed by atoms with Gasteiger partial charge in [-0.2, -0.15) is 0 Å². The summed E-state index contributed by atoms with van der Waals surface area (Å²) in [7, 11) is -1.11. The third-order valence-corrected chi connectivity index (χ3v) is 4.82. The van der Waals surface area contributed by atoms with Crippen molar-refractivity contribution in [2.75, 3.05) is 0 Å². The van der Waals surface area contributed by atoms with Gasteiger partial charge in [-0.25, -0.2) is 8.93 Å². The predicted molar refractivity (Wildman–Crippen MR) is 89.4 cm³/mol. The number of benzene rings is 1. The van der Waals surface area contributed by atoms with E-state index in [9.17, 15) is 4.21 Å². The monoisotopic (exact) mass is 361 g/mol. The molecule has 0 radical (unpaired) electrons. The maximum Gasteiger partial charge on any atom is 0.125 e. The van der Waals surface area contributed by atoms with E-state index in [1.165, 1.54) is 0 Å². The quantitative estimate of drug-likeness (QED) is 0.846. The lowest BCUT2D eigenvalue weighted by molar-refractivity contribution is 0.238. The SMILES string of the molecule is CC(C)Oc1cc(Br)ccc1[C@H](C)NS(=O)C(C)(C)C. The van der Waals surface area contributed by atoms with Gasteiger partial charge in [0.2, 0.25) is 0 Å². The molecule has 0 amide bonds. The Kier molecular flexibility index (Phi) is 6.23. The smallest absolute Gasteiger partial charge is 0.125 e. The summed E-state index contributed by atoms with van der Waals surface area (Å²) < 4.78 is 21.9. The molecule has 1 aromatic carbocycles. The Balaban J connectivity index is 2.97. The second-order valence-corrected chi connectivity index (χ2v) is 8.98. The highest BCUT2D eigenvalue weighted by Gasteiger charge is 2.23. The molecule has 3 nitrogen and oxygen atoms in total. The van der Waals surface area contributed by atoms with E-state index in [1.54, 1.807) is 0 Å². The fourth-order valence-corrected chi connectivity index (χ4v) is 2.76. The molecule has 1 rings (SSSR count). The Hall–Kier alpha value is -0.390. The van der Waals surface area contributed by atoms with E-state index >= 15 is 0 Å². The van der Waals surface area contributed by atoms with E-state index in [0.717, 1.165) is 15.8 Å². The minimum absolute atomic E-state index is 0.0445. The maximum atomic E-state index is 12.2. The Morgan fingerprint density at radius 2 is 1.85 bits per heavy atom. The van der Waals surface area contributed by atoms with Crippen LogP contribution in [-0.4, -0.2) is 15.1 Å². The highest BCUT2D eigenvalue weighted by Crippen LogP contribution is 2.30. The molecule has 0 saturated heterocycles. The molecule has 0 fully saturated rings. The summed E-state index contributed by atoms with van der Waals surface area (Å²) >= 11 is 3.46. The largest absolute Gasteiger partial charge is 0.491 e. The first-order valence-electron chi connectivity index (χ1n) is 6.75. The molecule has 0 aliphatic heterocycles. The van der Waals surface area contributed by atoms with Gasteiger partial charge in [0.15, 0.2) is 0 Å². The van der Waals surface area contributed by atoms with Crippen molar-refractivity contribution < 1.29 is 8.95 Å². The molecule has 0 saturated carbocycles. The Labute approximate surface area is 133 Å². The highest BCUT2D eigenvalue weighted by atomic mass is 79.9. The van der Waals surface area contributed by atoms with Crippen LogP contribution in [0.2, 0.25) is 0 Å². The minimum Gasteiger partial charge on any atom is -0.491 e. The zero-order valence-corrected chi connectivity index (χ0v) is 15.4. The summed E-state index contributed by atoms with van der Waals surface area (Å²) in [6.45, 7) is 11.9. The van der Waals surface area contributed by atoms with Crippen LogP contribution in [0, 0.1) is 0 Å². The topological polar surface area (TPSA) is 38.3 Å². The third-order valence-electron chi connectivity index (χ3n) is 2.64. The summed E-state index contributed by atoms with van der Waals surface area (Å²) in [5, 5.41) is 0. The van der Waals surface area contributed by atoms with Crippen molar-refractivity contribution in [1.29, 1.82) is 0 Å². The van der Waals surface area contributed by atoms with Gasteiger partial charge < -0.3 is 4.74 Å². The van der Waals surface area contributed by atoms with E-state index in [4.69, 9.17) is 4.74 Å². The van der Waals surface area contributed by atoms with Gasteiger partial charge in [0.05, 0.1) is 21.8 Å². The van der Waals surface area contributed by atoms with Crippen molar-refractivity contribution in [3.63, 3.8) is 0 Å². The highest BCUT2D eigenvalue weighted by molar-refractivity contribution is 9.10. The summed E-state index contributed by atoms with van der Waals surface area (Å²) in [6, 6.07) is 5.88. The average Bonchev–Trinajstić information content (AvgIpc) is 2.26. The molecule has 0 aliphatic rings. The Bertz CT molecular complexity index is 483. The molecule has 114 valence electrons. The number of hydrogen-bond acceptors (Lipinski definition) is 2. The molecule has 0 aliphatic carbocycles. The van der Waals surface area contributed by atoms with Crippen LogP contribution in [-0.2, 0) is 11.0 Å². The van der Waals surface area contributed by atoms with Crippen LogP contribution >= 0.6 is 15.9 Å². The summed E-state index contributed by atoms with van der Waals surface area (Å²) in [4.78, 5) is 0. The normalized spacial score (nSPS) is 15.2. The second-order valence-electron chi connectivity index (χ2n) is 6.07. The molecule has 0 bridgehead atoms. The number of nitrogens with one attached hydrogen (secondary N) is 1. The lowest BCUT2D eigenvalue weighted by Gasteiger charge is -2.24. The first-order chi connectivity index (χ1) is 9.11. The molecule has 2 atom stereocenters. The van der Waals surface area contributed by atoms with E-state index in [1.807, 2.05) is 59.7 Å². The molecule has 20 heavy (non-hydrogen) atoms. The van der Waals surface area contributed by atoms with Gasteiger partial charge in [-0.05, 0) is 53.7 Å². The molecule has 0 aromatic heterocycles. The van der Waals surface area contributed by atoms with Crippen molar-refractivity contribution >= 4 is 26.9 Å². The van der Waals surface area contributed by atoms with Crippen molar-refractivity contribution in [1.82, 2.24) is 4.72 Å². The Morgan fingerprint density at radius 3 is 2.35 bits per heavy atom. The van der Waals surface area contributed by atoms with Crippen LogP contribution in [0.4, 0.5) is 0 Å². The summed E-state index contributed by atoms with van der Waals surface area (Å²) in [5.74, 6) is 0.820. The lowest BCUT2D eigenvalue weighted by Crippen LogP contribution is -2.35. The van der Waals surface area contributed by atoms with Crippen LogP contribution in [0.3, 0.4) is 0 Å². The van der Waals surface area contributed by atoms with Crippen LogP contribution in [0.5, 0.6) is 5.75 Å². The third kappa shape index (κ3) is 5.19. The molecule has 1 N–H and O–H groups in total. The van der Waals surface area contributed by atoms with Gasteiger partial charge in [-0.3, -0.25) is 0 Å². The molecule has 5 heteroatoms. The van der Waals surface area contributed by atoms with Crippen LogP contribution in [0.25, 0.3) is 0 Å². The maximum absolute atomic E-state index is 12.2. The number of rotatable bonds is 5. The first kappa shape index (κ1) is 17.7. The van der Waals surface area contributed by atoms with E-state index in [2.05, 4.69) is 20.7 Å². The summed E-state index contributed by atoms with van der Waals surface area (Å²) in [6.07, 6.45) is 0.100.